The van der Waals surface area contributed by atoms with Gasteiger partial charge in [-0.25, -0.2) is 13.4 Å². The highest BCUT2D eigenvalue weighted by Gasteiger charge is 2.11. The van der Waals surface area contributed by atoms with E-state index in [1.807, 2.05) is 0 Å². The maximum atomic E-state index is 10.8. The minimum Gasteiger partial charge on any atom is -0.229 e. The molecule has 1 rings (SSSR count). The van der Waals surface area contributed by atoms with E-state index in [2.05, 4.69) is 20.9 Å². The van der Waals surface area contributed by atoms with Gasteiger partial charge in [0, 0.05) is 10.7 Å². The largest absolute Gasteiger partial charge is 0.261 e. The van der Waals surface area contributed by atoms with Crippen molar-refractivity contribution in [3.05, 3.63) is 21.9 Å². The van der Waals surface area contributed by atoms with Crippen molar-refractivity contribution in [3.8, 4) is 0 Å². The Balaban J connectivity index is 3.37. The zero-order chi connectivity index (χ0) is 9.35. The Hall–Kier alpha value is 0.160. The van der Waals surface area contributed by atoms with Crippen molar-refractivity contribution in [2.24, 2.45) is 0 Å². The van der Waals surface area contributed by atoms with Crippen LogP contribution >= 0.6 is 38.2 Å². The first-order valence-corrected chi connectivity index (χ1v) is 6.15. The third kappa shape index (κ3) is 2.58. The summed E-state index contributed by atoms with van der Waals surface area (Å²) in [6.45, 7) is 0. The first kappa shape index (κ1) is 10.2. The van der Waals surface area contributed by atoms with Gasteiger partial charge in [-0.05, 0) is 28.1 Å². The van der Waals surface area contributed by atoms with Gasteiger partial charge in [-0.2, -0.15) is 0 Å². The van der Waals surface area contributed by atoms with Crippen LogP contribution in [0, 0.1) is 0 Å². The van der Waals surface area contributed by atoms with E-state index in [0.717, 1.165) is 0 Å². The molecule has 12 heavy (non-hydrogen) atoms. The molecular weight excluding hydrogens is 289 g/mol. The van der Waals surface area contributed by atoms with Crippen LogP contribution in [0.4, 0.5) is 0 Å². The van der Waals surface area contributed by atoms with Crippen LogP contribution in [0.1, 0.15) is 0 Å². The molecule has 1 aromatic rings. The summed E-state index contributed by atoms with van der Waals surface area (Å²) in [7, 11) is 1.34. The Bertz CT molecular complexity index is 386. The fourth-order valence-electron chi connectivity index (χ4n) is 0.584. The fourth-order valence-corrected chi connectivity index (χ4v) is 2.32. The fraction of sp³-hybridized carbons (Fsp3) is 0. The molecule has 0 N–H and O–H groups in total. The summed E-state index contributed by atoms with van der Waals surface area (Å²) in [5.41, 5.74) is 0. The van der Waals surface area contributed by atoms with Crippen molar-refractivity contribution < 1.29 is 8.42 Å². The van der Waals surface area contributed by atoms with Gasteiger partial charge in [-0.3, -0.25) is 0 Å². The zero-order valence-electron chi connectivity index (χ0n) is 5.46. The molecule has 0 spiro atoms. The molecule has 0 amide bonds. The van der Waals surface area contributed by atoms with Crippen molar-refractivity contribution in [1.82, 2.24) is 4.98 Å². The molecule has 1 heterocycles. The monoisotopic (exact) mass is 289 g/mol. The van der Waals surface area contributed by atoms with Crippen LogP contribution in [0.5, 0.6) is 0 Å². The Labute approximate surface area is 87.3 Å². The summed E-state index contributed by atoms with van der Waals surface area (Å²) in [6.07, 6.45) is 0. The average Bonchev–Trinajstić information content (AvgIpc) is 1.82. The molecular formula is C5H2BrCl2NO2S. The summed E-state index contributed by atoms with van der Waals surface area (Å²) < 4.78 is 21.9. The molecule has 1 aromatic heterocycles. The Kier molecular flexibility index (Phi) is 2.98. The lowest BCUT2D eigenvalue weighted by Crippen LogP contribution is -1.91. The number of hydrogen-bond donors (Lipinski definition) is 0. The number of nitrogens with zero attached hydrogens (tertiary/aromatic N) is 1. The molecule has 0 atom stereocenters. The second-order valence-corrected chi connectivity index (χ2v) is 5.65. The highest BCUT2D eigenvalue weighted by atomic mass is 79.9. The lowest BCUT2D eigenvalue weighted by molar-refractivity contribution is 0.609. The number of pyridine rings is 1. The van der Waals surface area contributed by atoms with E-state index in [9.17, 15) is 8.42 Å². The van der Waals surface area contributed by atoms with E-state index in [-0.39, 0.29) is 10.0 Å². The van der Waals surface area contributed by atoms with Crippen LogP contribution in [0.15, 0.2) is 21.6 Å². The standard InChI is InChI=1S/C5H2BrCl2NO2S/c6-4-1-3(12(8,10)11)2-5(7)9-4/h1-2H. The van der Waals surface area contributed by atoms with E-state index in [4.69, 9.17) is 22.3 Å². The van der Waals surface area contributed by atoms with Crippen molar-refractivity contribution in [2.45, 2.75) is 4.90 Å². The topological polar surface area (TPSA) is 47.0 Å². The molecule has 0 aliphatic heterocycles. The van der Waals surface area contributed by atoms with E-state index in [1.165, 1.54) is 12.1 Å². The maximum absolute atomic E-state index is 10.8. The quantitative estimate of drug-likeness (QED) is 0.589. The zero-order valence-corrected chi connectivity index (χ0v) is 9.37. The third-order valence-electron chi connectivity index (χ3n) is 1.02. The summed E-state index contributed by atoms with van der Waals surface area (Å²) in [5.74, 6) is 0. The van der Waals surface area contributed by atoms with Gasteiger partial charge >= 0.3 is 0 Å². The van der Waals surface area contributed by atoms with E-state index >= 15 is 0 Å². The summed E-state index contributed by atoms with van der Waals surface area (Å²) in [5, 5.41) is 0.0728. The van der Waals surface area contributed by atoms with Gasteiger partial charge in [-0.15, -0.1) is 0 Å². The number of aromatic nitrogens is 1. The molecule has 0 bridgehead atoms. The van der Waals surface area contributed by atoms with Gasteiger partial charge in [-0.1, -0.05) is 11.6 Å². The van der Waals surface area contributed by atoms with Gasteiger partial charge in [0.15, 0.2) is 0 Å². The van der Waals surface area contributed by atoms with Gasteiger partial charge < -0.3 is 0 Å². The molecule has 0 aromatic carbocycles. The van der Waals surface area contributed by atoms with Crippen LogP contribution in [-0.4, -0.2) is 13.4 Å². The molecule has 0 unspecified atom stereocenters. The van der Waals surface area contributed by atoms with Crippen molar-refractivity contribution >= 4 is 47.3 Å². The van der Waals surface area contributed by atoms with Crippen LogP contribution in [0.2, 0.25) is 5.15 Å². The van der Waals surface area contributed by atoms with Gasteiger partial charge in [0.2, 0.25) is 0 Å². The Morgan fingerprint density at radius 2 is 2.00 bits per heavy atom. The summed E-state index contributed by atoms with van der Waals surface area (Å²) >= 11 is 8.48. The maximum Gasteiger partial charge on any atom is 0.261 e. The average molecular weight is 291 g/mol. The van der Waals surface area contributed by atoms with Crippen LogP contribution in [-0.2, 0) is 9.05 Å². The minimum atomic E-state index is -3.73. The van der Waals surface area contributed by atoms with Crippen LogP contribution < -0.4 is 0 Å². The molecule has 7 heteroatoms. The van der Waals surface area contributed by atoms with Gasteiger partial charge in [0.05, 0.1) is 4.90 Å². The van der Waals surface area contributed by atoms with Crippen molar-refractivity contribution in [2.75, 3.05) is 0 Å². The highest BCUT2D eigenvalue weighted by molar-refractivity contribution is 9.10. The summed E-state index contributed by atoms with van der Waals surface area (Å²) in [6, 6.07) is 2.45. The lowest BCUT2D eigenvalue weighted by atomic mass is 10.5. The first-order valence-electron chi connectivity index (χ1n) is 2.67. The van der Waals surface area contributed by atoms with Crippen molar-refractivity contribution in [3.63, 3.8) is 0 Å². The lowest BCUT2D eigenvalue weighted by Gasteiger charge is -1.96. The third-order valence-corrected chi connectivity index (χ3v) is 2.95. The molecule has 0 saturated carbocycles. The van der Waals surface area contributed by atoms with E-state index < -0.39 is 9.05 Å². The molecule has 3 nitrogen and oxygen atoms in total. The van der Waals surface area contributed by atoms with Gasteiger partial charge in [0.1, 0.15) is 9.76 Å². The van der Waals surface area contributed by atoms with E-state index in [0.29, 0.717) is 4.60 Å². The normalized spacial score (nSPS) is 11.6. The molecule has 0 aliphatic carbocycles. The van der Waals surface area contributed by atoms with E-state index in [1.54, 1.807) is 0 Å². The molecule has 0 radical (unpaired) electrons. The second-order valence-electron chi connectivity index (χ2n) is 1.89. The molecule has 0 aliphatic rings. The number of hydrogen-bond acceptors (Lipinski definition) is 3. The highest BCUT2D eigenvalue weighted by Crippen LogP contribution is 2.21. The predicted octanol–water partition coefficient (Wildman–Crippen LogP) is 2.43. The number of rotatable bonds is 1. The summed E-state index contributed by atoms with van der Waals surface area (Å²) in [4.78, 5) is 3.63. The smallest absolute Gasteiger partial charge is 0.229 e. The Morgan fingerprint density at radius 3 is 2.42 bits per heavy atom. The van der Waals surface area contributed by atoms with Crippen molar-refractivity contribution in [1.29, 1.82) is 0 Å². The first-order chi connectivity index (χ1) is 5.39. The SMILES string of the molecule is O=S(=O)(Cl)c1cc(Cl)nc(Br)c1. The molecule has 66 valence electrons. The minimum absolute atomic E-state index is 0.0728. The molecule has 0 saturated heterocycles. The second kappa shape index (κ2) is 3.49. The van der Waals surface area contributed by atoms with Crippen LogP contribution in [0.25, 0.3) is 0 Å². The Morgan fingerprint density at radius 1 is 1.42 bits per heavy atom. The number of halogens is 3. The van der Waals surface area contributed by atoms with Crippen LogP contribution in [0.3, 0.4) is 0 Å². The predicted molar refractivity (Wildman–Crippen MR) is 50.0 cm³/mol. The van der Waals surface area contributed by atoms with Gasteiger partial charge in [0.25, 0.3) is 9.05 Å². The molecule has 0 fully saturated rings.